The van der Waals surface area contributed by atoms with Crippen LogP contribution in [0, 0.1) is 20.8 Å². The topological polar surface area (TPSA) is 73.5 Å². The van der Waals surface area contributed by atoms with Crippen molar-refractivity contribution in [3.05, 3.63) is 124 Å². The van der Waals surface area contributed by atoms with Crippen LogP contribution >= 0.6 is 11.3 Å². The Labute approximate surface area is 270 Å². The van der Waals surface area contributed by atoms with Crippen molar-refractivity contribution in [3.8, 4) is 16.9 Å². The molecule has 0 fully saturated rings. The normalized spacial score (nSPS) is 13.9. The fraction of sp³-hybridized carbons (Fsp3) is 0.216. The lowest BCUT2D eigenvalue weighted by molar-refractivity contribution is -0.665. The summed E-state index contributed by atoms with van der Waals surface area (Å²) in [6.07, 6.45) is 4.44. The fourth-order valence-corrected chi connectivity index (χ4v) is 7.05. The summed E-state index contributed by atoms with van der Waals surface area (Å²) in [6.45, 7) is 14.5. The summed E-state index contributed by atoms with van der Waals surface area (Å²) >= 11 is 1.85. The van der Waals surface area contributed by atoms with Crippen molar-refractivity contribution in [1.82, 2.24) is 0 Å². The minimum Gasteiger partial charge on any atom is -0.744 e. The van der Waals surface area contributed by atoms with Crippen molar-refractivity contribution >= 4 is 43.4 Å². The van der Waals surface area contributed by atoms with Crippen molar-refractivity contribution in [1.29, 1.82) is 0 Å². The molecule has 0 amide bonds. The third-order valence-corrected chi connectivity index (χ3v) is 9.77. The van der Waals surface area contributed by atoms with E-state index in [2.05, 4.69) is 117 Å². The molecule has 6 rings (SSSR count). The number of benzene rings is 4. The Hall–Kier alpha value is -4.24. The molecular formula is C37H38N2O4S2. The van der Waals surface area contributed by atoms with E-state index in [1.807, 2.05) is 18.3 Å². The average molecular weight is 639 g/mol. The van der Waals surface area contributed by atoms with Crippen molar-refractivity contribution in [2.24, 2.45) is 0 Å². The number of hydrogen-bond acceptors (Lipinski definition) is 6. The van der Waals surface area contributed by atoms with Crippen LogP contribution in [0.1, 0.15) is 42.5 Å². The molecule has 0 bridgehead atoms. The Morgan fingerprint density at radius 1 is 0.911 bits per heavy atom. The van der Waals surface area contributed by atoms with Crippen molar-refractivity contribution in [2.75, 3.05) is 11.4 Å². The number of aromatic nitrogens is 1. The molecule has 4 aromatic carbocycles. The number of ether oxygens (including phenoxy) is 1. The number of nitrogens with zero attached hydrogens (tertiary/aromatic N) is 2. The van der Waals surface area contributed by atoms with Crippen molar-refractivity contribution < 1.29 is 22.3 Å². The summed E-state index contributed by atoms with van der Waals surface area (Å²) in [5.41, 5.74) is 9.65. The van der Waals surface area contributed by atoms with E-state index in [0.717, 1.165) is 36.0 Å². The van der Waals surface area contributed by atoms with Crippen molar-refractivity contribution in [2.45, 2.75) is 53.0 Å². The Kier molecular flexibility index (Phi) is 9.58. The van der Waals surface area contributed by atoms with Crippen LogP contribution in [0.25, 0.3) is 27.4 Å². The van der Waals surface area contributed by atoms with Gasteiger partial charge in [0.1, 0.15) is 21.4 Å². The molecule has 6 nitrogen and oxygen atoms in total. The summed E-state index contributed by atoms with van der Waals surface area (Å²) in [5.74, 6) is 1.80. The maximum absolute atomic E-state index is 10.4. The molecule has 0 saturated carbocycles. The second-order valence-electron chi connectivity index (χ2n) is 11.1. The molecule has 45 heavy (non-hydrogen) atoms. The lowest BCUT2D eigenvalue weighted by Crippen LogP contribution is -2.33. The van der Waals surface area contributed by atoms with E-state index in [-0.39, 0.29) is 4.90 Å². The van der Waals surface area contributed by atoms with Gasteiger partial charge in [-0.05, 0) is 99.7 Å². The van der Waals surface area contributed by atoms with Crippen LogP contribution in [0.2, 0.25) is 0 Å². The summed E-state index contributed by atoms with van der Waals surface area (Å²) in [6, 6.07) is 27.4. The number of rotatable bonds is 6. The first-order valence-corrected chi connectivity index (χ1v) is 17.2. The monoisotopic (exact) mass is 638 g/mol. The number of aryl methyl sites for hydroxylation is 4. The Balaban J connectivity index is 0.000000309. The maximum Gasteiger partial charge on any atom is 0.262 e. The standard InChI is InChI=1S/C30H31N2OS.C7H8O3S/c1-6-31-25-19-24(23-11-9-8-10-12-23)13-14-27(25)33-29(31)15-20(3)16-30-32(7-2)26-17-21(4)22(5)18-28(26)34-30;1-6-2-4-7(5-3-6)11(8,9)10/h8-19H,6-7H2,1-5H3;2-5H,1H3,(H,8,9,10)/q+1;/p-1. The largest absolute Gasteiger partial charge is 0.744 e. The van der Waals surface area contributed by atoms with Crippen LogP contribution in [0.5, 0.6) is 5.75 Å². The van der Waals surface area contributed by atoms with E-state index >= 15 is 0 Å². The van der Waals surface area contributed by atoms with E-state index in [1.54, 1.807) is 12.1 Å². The molecular weight excluding hydrogens is 601 g/mol. The summed E-state index contributed by atoms with van der Waals surface area (Å²) in [4.78, 5) is 2.08. The van der Waals surface area contributed by atoms with Crippen LogP contribution in [0.4, 0.5) is 5.69 Å². The molecule has 0 unspecified atom stereocenters. The third-order valence-electron chi connectivity index (χ3n) is 7.83. The Morgan fingerprint density at radius 2 is 1.60 bits per heavy atom. The maximum atomic E-state index is 10.4. The predicted molar refractivity (Wildman–Crippen MR) is 184 cm³/mol. The van der Waals surface area contributed by atoms with E-state index in [4.69, 9.17) is 4.74 Å². The minimum atomic E-state index is -4.27. The summed E-state index contributed by atoms with van der Waals surface area (Å²) in [7, 11) is -4.27. The number of fused-ring (bicyclic) bond motifs is 2. The van der Waals surface area contributed by atoms with Gasteiger partial charge in [-0.3, -0.25) is 0 Å². The lowest BCUT2D eigenvalue weighted by atomic mass is 10.0. The zero-order chi connectivity index (χ0) is 32.3. The molecule has 0 saturated heterocycles. The van der Waals surface area contributed by atoms with E-state index in [1.165, 1.54) is 55.2 Å². The summed E-state index contributed by atoms with van der Waals surface area (Å²) in [5, 5.41) is 1.27. The van der Waals surface area contributed by atoms with Gasteiger partial charge in [0.05, 0.1) is 10.6 Å². The molecule has 0 aliphatic carbocycles. The van der Waals surface area contributed by atoms with E-state index < -0.39 is 10.1 Å². The van der Waals surface area contributed by atoms with Crippen LogP contribution in [-0.2, 0) is 16.7 Å². The Bertz CT molecular complexity index is 2010. The average Bonchev–Trinajstić information content (AvgIpc) is 3.52. The zero-order valence-electron chi connectivity index (χ0n) is 26.5. The molecule has 0 atom stereocenters. The van der Waals surface area contributed by atoms with Gasteiger partial charge in [-0.15, -0.1) is 0 Å². The molecule has 5 aromatic rings. The molecule has 232 valence electrons. The molecule has 1 aromatic heterocycles. The third kappa shape index (κ3) is 7.20. The first-order valence-electron chi connectivity index (χ1n) is 15.0. The first kappa shape index (κ1) is 32.2. The number of hydrogen-bond donors (Lipinski definition) is 0. The van der Waals surface area contributed by atoms with Gasteiger partial charge < -0.3 is 14.2 Å². The molecule has 0 N–H and O–H groups in total. The number of anilines is 1. The van der Waals surface area contributed by atoms with Gasteiger partial charge in [-0.25, -0.2) is 8.42 Å². The quantitative estimate of drug-likeness (QED) is 0.138. The summed E-state index contributed by atoms with van der Waals surface area (Å²) < 4.78 is 41.2. The highest BCUT2D eigenvalue weighted by Crippen LogP contribution is 2.41. The molecule has 2 heterocycles. The molecule has 0 radical (unpaired) electrons. The Morgan fingerprint density at radius 3 is 2.24 bits per heavy atom. The van der Waals surface area contributed by atoms with Crippen LogP contribution in [0.15, 0.2) is 107 Å². The highest BCUT2D eigenvalue weighted by Gasteiger charge is 2.26. The second-order valence-corrected chi connectivity index (χ2v) is 13.6. The highest BCUT2D eigenvalue weighted by atomic mass is 32.2. The minimum absolute atomic E-state index is 0.178. The van der Waals surface area contributed by atoms with Gasteiger partial charge in [-0.1, -0.05) is 65.4 Å². The highest BCUT2D eigenvalue weighted by molar-refractivity contribution is 7.85. The van der Waals surface area contributed by atoms with Gasteiger partial charge in [-0.2, -0.15) is 4.57 Å². The fourth-order valence-electron chi connectivity index (χ4n) is 5.27. The van der Waals surface area contributed by atoms with Gasteiger partial charge in [0.2, 0.25) is 11.4 Å². The molecule has 8 heteroatoms. The smallest absolute Gasteiger partial charge is 0.262 e. The zero-order valence-corrected chi connectivity index (χ0v) is 28.1. The SMILES string of the molecule is CCN1C(=CC(C)=Cc2sc3cc(C)c(C)cc3[n+]2CC)Oc2ccc(-c3ccccc3)cc21.Cc1ccc(S(=O)(=O)[O-])cc1. The van der Waals surface area contributed by atoms with E-state index in [9.17, 15) is 13.0 Å². The predicted octanol–water partition coefficient (Wildman–Crippen LogP) is 8.56. The van der Waals surface area contributed by atoms with Crippen LogP contribution in [-0.4, -0.2) is 19.5 Å². The second kappa shape index (κ2) is 13.4. The van der Waals surface area contributed by atoms with E-state index in [0.29, 0.717) is 0 Å². The van der Waals surface area contributed by atoms with Crippen LogP contribution < -0.4 is 14.2 Å². The van der Waals surface area contributed by atoms with Crippen LogP contribution in [0.3, 0.4) is 0 Å². The molecule has 1 aliphatic rings. The van der Waals surface area contributed by atoms with Gasteiger partial charge >= 0.3 is 0 Å². The number of allylic oxidation sites excluding steroid dienone is 2. The number of thiazole rings is 1. The van der Waals surface area contributed by atoms with Gasteiger partial charge in [0, 0.05) is 24.8 Å². The van der Waals surface area contributed by atoms with Gasteiger partial charge in [0.15, 0.2) is 5.75 Å². The first-order chi connectivity index (χ1) is 21.5. The van der Waals surface area contributed by atoms with Gasteiger partial charge in [0.25, 0.3) is 5.01 Å². The lowest BCUT2D eigenvalue weighted by Gasteiger charge is -2.16. The molecule has 1 aliphatic heterocycles. The van der Waals surface area contributed by atoms with Crippen molar-refractivity contribution in [3.63, 3.8) is 0 Å². The molecule has 0 spiro atoms.